The van der Waals surface area contributed by atoms with Gasteiger partial charge in [0.25, 0.3) is 0 Å². The van der Waals surface area contributed by atoms with Gasteiger partial charge in [0.2, 0.25) is 0 Å². The van der Waals surface area contributed by atoms with Crippen molar-refractivity contribution in [1.82, 2.24) is 0 Å². The molecule has 0 bridgehead atoms. The topological polar surface area (TPSA) is 40.5 Å². The van der Waals surface area contributed by atoms with Crippen LogP contribution in [-0.2, 0) is 37.4 Å². The molecular formula is C26H18F22O2S. The number of aliphatic hydroxyl groups is 2. The highest BCUT2D eigenvalue weighted by Crippen LogP contribution is 2.60. The third-order valence-corrected chi connectivity index (χ3v) is 7.00. The van der Waals surface area contributed by atoms with Crippen LogP contribution in [0.5, 0.6) is 0 Å². The van der Waals surface area contributed by atoms with Gasteiger partial charge in [0.1, 0.15) is 12.1 Å². The number of aliphatic hydroxyl groups excluding tert-OH is 2. The molecule has 1 atom stereocenters. The van der Waals surface area contributed by atoms with E-state index >= 15 is 0 Å². The molecule has 0 aliphatic rings. The summed E-state index contributed by atoms with van der Waals surface area (Å²) in [4.78, 5) is 0. The summed E-state index contributed by atoms with van der Waals surface area (Å²) >= 11 is -2.78. The van der Waals surface area contributed by atoms with Crippen LogP contribution >= 0.6 is 12.1 Å². The van der Waals surface area contributed by atoms with Gasteiger partial charge in [0, 0.05) is 11.1 Å². The second-order valence-corrected chi connectivity index (χ2v) is 10.8. The number of rotatable bonds is 12. The number of halogens is 22. The Hall–Kier alpha value is -2.83. The summed E-state index contributed by atoms with van der Waals surface area (Å²) in [6.07, 6.45) is -15.1. The highest BCUT2D eigenvalue weighted by atomic mass is 32.2. The zero-order chi connectivity index (χ0) is 40.6. The van der Waals surface area contributed by atoms with E-state index in [9.17, 15) is 96.1 Å². The molecule has 2 aromatic rings. The van der Waals surface area contributed by atoms with E-state index in [-0.39, 0.29) is 6.07 Å². The molecule has 0 saturated carbocycles. The van der Waals surface area contributed by atoms with Crippen LogP contribution in [0.4, 0.5) is 96.1 Å². The summed E-state index contributed by atoms with van der Waals surface area (Å²) in [5.41, 5.74) is -10.3. The number of benzene rings is 2. The van der Waals surface area contributed by atoms with Gasteiger partial charge < -0.3 is 10.2 Å². The van der Waals surface area contributed by atoms with Crippen molar-refractivity contribution >= 4 is 12.1 Å². The van der Waals surface area contributed by atoms with Gasteiger partial charge in [-0.2, -0.15) is 91.7 Å². The van der Waals surface area contributed by atoms with Crippen LogP contribution in [0.15, 0.2) is 36.4 Å². The van der Waals surface area contributed by atoms with Crippen molar-refractivity contribution in [1.29, 1.82) is 0 Å². The summed E-state index contributed by atoms with van der Waals surface area (Å²) < 4.78 is 292. The Morgan fingerprint density at radius 1 is 0.510 bits per heavy atom. The fraction of sp³-hybridized carbons (Fsp3) is 0.538. The Balaban J connectivity index is 0.000000674. The molecule has 0 spiro atoms. The molecule has 0 aliphatic carbocycles. The van der Waals surface area contributed by atoms with Gasteiger partial charge in [0.15, 0.2) is 6.17 Å². The van der Waals surface area contributed by atoms with Gasteiger partial charge in [-0.1, -0.05) is 6.92 Å². The molecule has 294 valence electrons. The summed E-state index contributed by atoms with van der Waals surface area (Å²) in [7, 11) is 0. The fourth-order valence-electron chi connectivity index (χ4n) is 3.71. The first kappa shape index (κ1) is 46.2. The summed E-state index contributed by atoms with van der Waals surface area (Å²) in [5, 5.41) is 11.0. The van der Waals surface area contributed by atoms with E-state index in [0.29, 0.717) is 19.1 Å². The number of alkyl halides is 21. The van der Waals surface area contributed by atoms with Crippen molar-refractivity contribution in [3.8, 4) is 0 Å². The van der Waals surface area contributed by atoms with E-state index in [4.69, 9.17) is 10.2 Å². The third-order valence-electron chi connectivity index (χ3n) is 6.55. The normalized spacial score (nSPS) is 15.0. The molecule has 2 nitrogen and oxygen atoms in total. The Bertz CT molecular complexity index is 1450. The van der Waals surface area contributed by atoms with E-state index in [0.717, 1.165) is 0 Å². The van der Waals surface area contributed by atoms with E-state index in [1.165, 1.54) is 0 Å². The summed E-state index contributed by atoms with van der Waals surface area (Å²) in [6, 6.07) is -1.02. The van der Waals surface area contributed by atoms with Gasteiger partial charge in [0.05, 0.1) is 24.3 Å². The van der Waals surface area contributed by atoms with E-state index in [1.54, 1.807) is 0 Å². The molecule has 1 unspecified atom stereocenters. The molecule has 0 heterocycles. The van der Waals surface area contributed by atoms with Crippen molar-refractivity contribution in [2.24, 2.45) is 0 Å². The van der Waals surface area contributed by atoms with E-state index in [2.05, 4.69) is 0 Å². The lowest BCUT2D eigenvalue weighted by Gasteiger charge is -2.36. The van der Waals surface area contributed by atoms with Crippen molar-refractivity contribution in [2.45, 2.75) is 85.9 Å². The lowest BCUT2D eigenvalue weighted by Crippen LogP contribution is -2.60. The molecule has 2 rings (SSSR count). The standard InChI is InChI=1S/C17H12F16OS.C9H6F6O/c1-2-10(18)13(23,24)14(25,26)11(19,20)8-3-7(6-34)4-9(5-8)12(21,22)15(27,28)16(29,30)17(31,32)35-33;10-8(11,12)6-1-5(4-16)2-7(3-6)9(13,14)15/h3-5,10,34H,2,6H2,1H3;1-3,16H,4H2. The van der Waals surface area contributed by atoms with Gasteiger partial charge in [-0.3, -0.25) is 0 Å². The van der Waals surface area contributed by atoms with E-state index in [1.807, 2.05) is 0 Å². The Labute approximate surface area is 274 Å². The highest BCUT2D eigenvalue weighted by molar-refractivity contribution is 7.95. The molecule has 0 amide bonds. The van der Waals surface area contributed by atoms with Gasteiger partial charge >= 0.3 is 53.1 Å². The minimum Gasteiger partial charge on any atom is -0.392 e. The second kappa shape index (κ2) is 14.9. The van der Waals surface area contributed by atoms with Crippen molar-refractivity contribution < 1.29 is 106 Å². The molecule has 0 radical (unpaired) electrons. The van der Waals surface area contributed by atoms with Crippen molar-refractivity contribution in [3.05, 3.63) is 69.8 Å². The molecular weight excluding hydrogens is 794 g/mol. The lowest BCUT2D eigenvalue weighted by molar-refractivity contribution is -0.351. The van der Waals surface area contributed by atoms with Gasteiger partial charge in [-0.15, -0.1) is 0 Å². The van der Waals surface area contributed by atoms with Crippen LogP contribution in [0.2, 0.25) is 0 Å². The smallest absolute Gasteiger partial charge is 0.392 e. The largest absolute Gasteiger partial charge is 0.416 e. The quantitative estimate of drug-likeness (QED) is 0.210. The molecule has 0 aliphatic heterocycles. The Morgan fingerprint density at radius 2 is 0.824 bits per heavy atom. The summed E-state index contributed by atoms with van der Waals surface area (Å²) in [5.74, 6) is -40.5. The van der Waals surface area contributed by atoms with E-state index < -0.39 is 143 Å². The molecule has 0 fully saturated rings. The maximum absolute atomic E-state index is 14.4. The maximum atomic E-state index is 14.4. The Kier molecular flexibility index (Phi) is 13.5. The zero-order valence-corrected chi connectivity index (χ0v) is 25.1. The predicted octanol–water partition coefficient (Wildman–Crippen LogP) is 11.1. The highest BCUT2D eigenvalue weighted by Gasteiger charge is 2.82. The Morgan fingerprint density at radius 3 is 1.12 bits per heavy atom. The SMILES string of the molecule is CCC(F)C(F)(F)C(F)(F)C(F)(F)c1cc(CO)cc(C(F)(F)C(F)(F)C(F)(F)C(F)(F)SF)c1.OCc1cc(C(F)(F)F)cc(C(F)(F)F)c1. The predicted molar refractivity (Wildman–Crippen MR) is 131 cm³/mol. The maximum Gasteiger partial charge on any atom is 0.416 e. The first-order valence-corrected chi connectivity index (χ1v) is 13.5. The third kappa shape index (κ3) is 8.70. The minimum atomic E-state index is -7.30. The number of hydrogen-bond acceptors (Lipinski definition) is 3. The lowest BCUT2D eigenvalue weighted by atomic mass is 9.89. The molecule has 51 heavy (non-hydrogen) atoms. The molecule has 0 saturated heterocycles. The molecule has 0 aromatic heterocycles. The minimum absolute atomic E-state index is 0.0131. The first-order chi connectivity index (χ1) is 22.6. The molecule has 25 heteroatoms. The van der Waals surface area contributed by atoms with Crippen LogP contribution in [0.3, 0.4) is 0 Å². The average molecular weight is 812 g/mol. The number of hydrogen-bond donors (Lipinski definition) is 2. The second-order valence-electron chi connectivity index (χ2n) is 10.1. The van der Waals surface area contributed by atoms with Crippen LogP contribution in [0.1, 0.15) is 46.7 Å². The van der Waals surface area contributed by atoms with Crippen LogP contribution in [0, 0.1) is 0 Å². The fourth-order valence-corrected chi connectivity index (χ4v) is 3.93. The zero-order valence-electron chi connectivity index (χ0n) is 24.3. The monoisotopic (exact) mass is 812 g/mol. The van der Waals surface area contributed by atoms with Crippen molar-refractivity contribution in [3.63, 3.8) is 0 Å². The average Bonchev–Trinajstić information content (AvgIpc) is 3.02. The van der Waals surface area contributed by atoms with Crippen LogP contribution < -0.4 is 0 Å². The van der Waals surface area contributed by atoms with Gasteiger partial charge in [-0.05, 0) is 53.9 Å². The molecule has 2 aromatic carbocycles. The first-order valence-electron chi connectivity index (χ1n) is 12.8. The van der Waals surface area contributed by atoms with Crippen LogP contribution in [-0.4, -0.2) is 45.3 Å². The summed E-state index contributed by atoms with van der Waals surface area (Å²) in [6.45, 7) is -2.09. The van der Waals surface area contributed by atoms with Crippen molar-refractivity contribution in [2.75, 3.05) is 0 Å². The van der Waals surface area contributed by atoms with Gasteiger partial charge in [-0.25, -0.2) is 4.39 Å². The van der Waals surface area contributed by atoms with Crippen LogP contribution in [0.25, 0.3) is 0 Å². The molecule has 2 N–H and O–H groups in total.